The van der Waals surface area contributed by atoms with Gasteiger partial charge in [0, 0.05) is 0 Å². The van der Waals surface area contributed by atoms with Crippen LogP contribution in [0.25, 0.3) is 16.6 Å². The third kappa shape index (κ3) is 1.86. The summed E-state index contributed by atoms with van der Waals surface area (Å²) in [6.07, 6.45) is 0. The predicted molar refractivity (Wildman–Crippen MR) is 79.6 cm³/mol. The first-order chi connectivity index (χ1) is 9.58. The molecule has 0 amide bonds. The van der Waals surface area contributed by atoms with Gasteiger partial charge in [-0.25, -0.2) is 9.36 Å². The van der Waals surface area contributed by atoms with E-state index in [-0.39, 0.29) is 5.56 Å². The van der Waals surface area contributed by atoms with E-state index >= 15 is 0 Å². The maximum atomic E-state index is 12.5. The lowest BCUT2D eigenvalue weighted by atomic mass is 10.1. The van der Waals surface area contributed by atoms with Crippen LogP contribution in [0, 0.1) is 13.8 Å². The Bertz CT molecular complexity index is 920. The van der Waals surface area contributed by atoms with Gasteiger partial charge in [-0.05, 0) is 49.2 Å². The van der Waals surface area contributed by atoms with Crippen molar-refractivity contribution in [3.63, 3.8) is 0 Å². The highest BCUT2D eigenvalue weighted by Crippen LogP contribution is 2.12. The average Bonchev–Trinajstić information content (AvgIpc) is 2.43. The monoisotopic (exact) mass is 266 g/mol. The van der Waals surface area contributed by atoms with Crippen LogP contribution in [0.2, 0.25) is 0 Å². The first kappa shape index (κ1) is 12.4. The van der Waals surface area contributed by atoms with Crippen LogP contribution in [0.1, 0.15) is 11.1 Å². The minimum atomic E-state index is -0.419. The minimum absolute atomic E-state index is 0.299. The number of fused-ring (bicyclic) bond motifs is 1. The predicted octanol–water partition coefficient (Wildman–Crippen LogP) is 2.30. The Labute approximate surface area is 115 Å². The van der Waals surface area contributed by atoms with E-state index < -0.39 is 5.69 Å². The van der Waals surface area contributed by atoms with Gasteiger partial charge in [0.25, 0.3) is 5.56 Å². The molecule has 4 heteroatoms. The van der Waals surface area contributed by atoms with E-state index in [1.54, 1.807) is 30.3 Å². The molecule has 0 bridgehead atoms. The van der Waals surface area contributed by atoms with Gasteiger partial charge in [-0.15, -0.1) is 0 Å². The van der Waals surface area contributed by atoms with E-state index in [4.69, 9.17) is 0 Å². The SMILES string of the molecule is Cc1ccc(-n2c(=O)[nH]c3ccccc3c2=O)cc1C. The third-order valence-corrected chi connectivity index (χ3v) is 3.55. The fourth-order valence-electron chi connectivity index (χ4n) is 2.26. The second-order valence-electron chi connectivity index (χ2n) is 4.88. The molecular weight excluding hydrogens is 252 g/mol. The Balaban J connectivity index is 2.39. The number of hydrogen-bond donors (Lipinski definition) is 1. The maximum Gasteiger partial charge on any atom is 0.333 e. The van der Waals surface area contributed by atoms with Crippen LogP contribution in [0.3, 0.4) is 0 Å². The van der Waals surface area contributed by atoms with E-state index in [2.05, 4.69) is 4.98 Å². The Morgan fingerprint density at radius 3 is 2.45 bits per heavy atom. The van der Waals surface area contributed by atoms with Gasteiger partial charge in [0.15, 0.2) is 0 Å². The van der Waals surface area contributed by atoms with Gasteiger partial charge in [0.05, 0.1) is 16.6 Å². The number of aromatic amines is 1. The maximum absolute atomic E-state index is 12.5. The second-order valence-corrected chi connectivity index (χ2v) is 4.88. The van der Waals surface area contributed by atoms with Gasteiger partial charge in [0.1, 0.15) is 0 Å². The van der Waals surface area contributed by atoms with Gasteiger partial charge >= 0.3 is 5.69 Å². The highest BCUT2D eigenvalue weighted by atomic mass is 16.2. The zero-order valence-electron chi connectivity index (χ0n) is 11.3. The summed E-state index contributed by atoms with van der Waals surface area (Å²) in [5, 5.41) is 0.505. The molecule has 1 N–H and O–H groups in total. The number of benzene rings is 2. The van der Waals surface area contributed by atoms with Crippen molar-refractivity contribution in [1.82, 2.24) is 9.55 Å². The van der Waals surface area contributed by atoms with Crippen LogP contribution in [0.15, 0.2) is 52.1 Å². The van der Waals surface area contributed by atoms with Gasteiger partial charge in [-0.2, -0.15) is 0 Å². The summed E-state index contributed by atoms with van der Waals surface area (Å²) in [5.74, 6) is 0. The van der Waals surface area contributed by atoms with Crippen LogP contribution in [0.5, 0.6) is 0 Å². The Morgan fingerprint density at radius 1 is 0.950 bits per heavy atom. The van der Waals surface area contributed by atoms with Crippen molar-refractivity contribution in [1.29, 1.82) is 0 Å². The van der Waals surface area contributed by atoms with Crippen LogP contribution < -0.4 is 11.2 Å². The number of para-hydroxylation sites is 1. The molecule has 0 atom stereocenters. The lowest BCUT2D eigenvalue weighted by molar-refractivity contribution is 0.899. The molecule has 1 heterocycles. The number of H-pyrrole nitrogens is 1. The van der Waals surface area contributed by atoms with E-state index in [9.17, 15) is 9.59 Å². The first-order valence-electron chi connectivity index (χ1n) is 6.39. The summed E-state index contributed by atoms with van der Waals surface area (Å²) in [7, 11) is 0. The molecule has 3 aromatic rings. The van der Waals surface area contributed by atoms with Crippen LogP contribution in [-0.2, 0) is 0 Å². The Hall–Kier alpha value is -2.62. The van der Waals surface area contributed by atoms with Crippen LogP contribution in [0.4, 0.5) is 0 Å². The summed E-state index contributed by atoms with van der Waals surface area (Å²) in [4.78, 5) is 27.4. The minimum Gasteiger partial charge on any atom is -0.306 e. The van der Waals surface area contributed by atoms with Crippen molar-refractivity contribution in [3.8, 4) is 5.69 Å². The van der Waals surface area contributed by atoms with Crippen LogP contribution >= 0.6 is 0 Å². The van der Waals surface area contributed by atoms with Crippen molar-refractivity contribution in [3.05, 3.63) is 74.4 Å². The molecule has 0 saturated carbocycles. The van der Waals surface area contributed by atoms with Crippen molar-refractivity contribution < 1.29 is 0 Å². The summed E-state index contributed by atoms with van der Waals surface area (Å²) in [6, 6.07) is 12.6. The molecule has 0 fully saturated rings. The van der Waals surface area contributed by atoms with Crippen LogP contribution in [-0.4, -0.2) is 9.55 Å². The molecule has 0 aliphatic carbocycles. The lowest BCUT2D eigenvalue weighted by Gasteiger charge is -2.08. The summed E-state index contributed by atoms with van der Waals surface area (Å²) in [5.41, 5.74) is 2.60. The molecule has 0 aliphatic heterocycles. The van der Waals surface area contributed by atoms with Gasteiger partial charge in [-0.1, -0.05) is 18.2 Å². The first-order valence-corrected chi connectivity index (χ1v) is 6.39. The molecule has 0 aliphatic rings. The van der Waals surface area contributed by atoms with Crippen molar-refractivity contribution in [2.24, 2.45) is 0 Å². The van der Waals surface area contributed by atoms with E-state index in [1.807, 2.05) is 26.0 Å². The standard InChI is InChI=1S/C16H14N2O2/c1-10-7-8-12(9-11(10)2)18-15(19)13-5-3-4-6-14(13)17-16(18)20/h3-9H,1-2H3,(H,17,20). The Morgan fingerprint density at radius 2 is 1.70 bits per heavy atom. The fraction of sp³-hybridized carbons (Fsp3) is 0.125. The van der Waals surface area contributed by atoms with Crippen molar-refractivity contribution >= 4 is 10.9 Å². The smallest absolute Gasteiger partial charge is 0.306 e. The number of hydrogen-bond acceptors (Lipinski definition) is 2. The molecule has 3 rings (SSSR count). The molecular formula is C16H14N2O2. The molecule has 100 valence electrons. The van der Waals surface area contributed by atoms with E-state index in [0.717, 1.165) is 11.1 Å². The van der Waals surface area contributed by atoms with Gasteiger partial charge in [0.2, 0.25) is 0 Å². The number of nitrogens with zero attached hydrogens (tertiary/aromatic N) is 1. The summed E-state index contributed by atoms with van der Waals surface area (Å²) >= 11 is 0. The summed E-state index contributed by atoms with van der Waals surface area (Å²) < 4.78 is 1.18. The highest BCUT2D eigenvalue weighted by molar-refractivity contribution is 5.77. The molecule has 0 saturated heterocycles. The number of aryl methyl sites for hydroxylation is 2. The third-order valence-electron chi connectivity index (χ3n) is 3.55. The quantitative estimate of drug-likeness (QED) is 0.734. The zero-order valence-corrected chi connectivity index (χ0v) is 11.3. The van der Waals surface area contributed by atoms with Crippen molar-refractivity contribution in [2.45, 2.75) is 13.8 Å². The van der Waals surface area contributed by atoms with Crippen molar-refractivity contribution in [2.75, 3.05) is 0 Å². The van der Waals surface area contributed by atoms with Gasteiger partial charge < -0.3 is 4.98 Å². The van der Waals surface area contributed by atoms with Gasteiger partial charge in [-0.3, -0.25) is 4.79 Å². The number of rotatable bonds is 1. The average molecular weight is 266 g/mol. The number of nitrogens with one attached hydrogen (secondary N) is 1. The summed E-state index contributed by atoms with van der Waals surface area (Å²) in [6.45, 7) is 3.95. The molecule has 20 heavy (non-hydrogen) atoms. The van der Waals surface area contributed by atoms with E-state index in [0.29, 0.717) is 16.6 Å². The van der Waals surface area contributed by atoms with E-state index in [1.165, 1.54) is 4.57 Å². The topological polar surface area (TPSA) is 54.9 Å². The normalized spacial score (nSPS) is 10.9. The molecule has 0 spiro atoms. The number of aromatic nitrogens is 2. The molecule has 4 nitrogen and oxygen atoms in total. The Kier molecular flexibility index (Phi) is 2.79. The molecule has 1 aromatic heterocycles. The fourth-order valence-corrected chi connectivity index (χ4v) is 2.26. The zero-order chi connectivity index (χ0) is 14.3. The largest absolute Gasteiger partial charge is 0.333 e. The second kappa shape index (κ2) is 4.49. The molecule has 0 unspecified atom stereocenters. The molecule has 2 aromatic carbocycles. The lowest BCUT2D eigenvalue weighted by Crippen LogP contribution is -2.33. The highest BCUT2D eigenvalue weighted by Gasteiger charge is 2.09. The molecule has 0 radical (unpaired) electrons.